The van der Waals surface area contributed by atoms with Crippen LogP contribution >= 0.6 is 0 Å². The highest BCUT2D eigenvalue weighted by Gasteiger charge is 2.23. The fraction of sp³-hybridized carbons (Fsp3) is 0.286. The van der Waals surface area contributed by atoms with Crippen molar-refractivity contribution in [1.29, 1.82) is 0 Å². The summed E-state index contributed by atoms with van der Waals surface area (Å²) in [6.45, 7) is 8.13. The van der Waals surface area contributed by atoms with Crippen molar-refractivity contribution in [2.24, 2.45) is 7.05 Å². The molecule has 1 saturated heterocycles. The topological polar surface area (TPSA) is 92.0 Å². The van der Waals surface area contributed by atoms with Gasteiger partial charge in [0.25, 0.3) is 0 Å². The molecule has 0 bridgehead atoms. The summed E-state index contributed by atoms with van der Waals surface area (Å²) in [5, 5.41) is 21.1. The van der Waals surface area contributed by atoms with Crippen molar-refractivity contribution in [2.75, 3.05) is 18.0 Å². The summed E-state index contributed by atoms with van der Waals surface area (Å²) < 4.78 is 1.76. The first kappa shape index (κ1) is 22.4. The number of aryl methyl sites for hydroxylation is 2. The molecule has 182 valence electrons. The predicted octanol–water partition coefficient (Wildman–Crippen LogP) is 4.45. The number of phenolic OH excluding ortho intramolecular Hbond substituents is 1. The molecule has 0 spiro atoms. The molecule has 0 radical (unpaired) electrons. The molecule has 0 amide bonds. The van der Waals surface area contributed by atoms with Crippen LogP contribution in [0, 0.1) is 6.92 Å². The van der Waals surface area contributed by atoms with Crippen LogP contribution in [0.2, 0.25) is 0 Å². The minimum Gasteiger partial charge on any atom is -0.507 e. The maximum Gasteiger partial charge on any atom is 0.160 e. The Kier molecular flexibility index (Phi) is 5.34. The van der Waals surface area contributed by atoms with Crippen molar-refractivity contribution >= 4 is 27.6 Å². The SMILES string of the molecule is Cc1c(O)c(-c2cc(-c3ccccn3)c3cc(N4C[C@@H](C)N[C@H](C)C4)cnc3n2)cc2cn(C)nc12. The molecule has 1 aromatic carbocycles. The molecule has 5 heterocycles. The van der Waals surface area contributed by atoms with Gasteiger partial charge in [0.2, 0.25) is 0 Å². The van der Waals surface area contributed by atoms with E-state index in [1.165, 1.54) is 0 Å². The summed E-state index contributed by atoms with van der Waals surface area (Å²) in [6.07, 6.45) is 5.65. The van der Waals surface area contributed by atoms with E-state index in [1.54, 1.807) is 10.9 Å². The van der Waals surface area contributed by atoms with E-state index in [1.807, 2.05) is 56.7 Å². The smallest absolute Gasteiger partial charge is 0.160 e. The van der Waals surface area contributed by atoms with Crippen LogP contribution in [-0.2, 0) is 7.05 Å². The van der Waals surface area contributed by atoms with Crippen LogP contribution in [0.4, 0.5) is 5.69 Å². The monoisotopic (exact) mass is 479 g/mol. The molecule has 8 heteroatoms. The van der Waals surface area contributed by atoms with Crippen LogP contribution in [0.5, 0.6) is 5.75 Å². The van der Waals surface area contributed by atoms with Crippen molar-refractivity contribution in [3.63, 3.8) is 0 Å². The van der Waals surface area contributed by atoms with Crippen molar-refractivity contribution in [2.45, 2.75) is 32.9 Å². The fourth-order valence-corrected chi connectivity index (χ4v) is 5.31. The summed E-state index contributed by atoms with van der Waals surface area (Å²) in [4.78, 5) is 16.7. The number of nitrogens with zero attached hydrogens (tertiary/aromatic N) is 6. The quantitative estimate of drug-likeness (QED) is 0.395. The minimum absolute atomic E-state index is 0.181. The van der Waals surface area contributed by atoms with Gasteiger partial charge < -0.3 is 15.3 Å². The number of hydrogen-bond donors (Lipinski definition) is 2. The van der Waals surface area contributed by atoms with E-state index in [0.29, 0.717) is 29.0 Å². The van der Waals surface area contributed by atoms with Crippen LogP contribution in [0.3, 0.4) is 0 Å². The number of fused-ring (bicyclic) bond motifs is 2. The lowest BCUT2D eigenvalue weighted by atomic mass is 9.99. The second-order valence-corrected chi connectivity index (χ2v) is 9.85. The van der Waals surface area contributed by atoms with Crippen molar-refractivity contribution in [3.8, 4) is 28.3 Å². The Morgan fingerprint density at radius 2 is 1.81 bits per heavy atom. The van der Waals surface area contributed by atoms with Gasteiger partial charge in [-0.25, -0.2) is 9.97 Å². The first-order valence-electron chi connectivity index (χ1n) is 12.3. The highest BCUT2D eigenvalue weighted by molar-refractivity contribution is 5.97. The molecule has 6 rings (SSSR count). The Balaban J connectivity index is 1.56. The van der Waals surface area contributed by atoms with Gasteiger partial charge in [0.05, 0.1) is 28.8 Å². The average Bonchev–Trinajstić information content (AvgIpc) is 3.25. The Labute approximate surface area is 209 Å². The Bertz CT molecular complexity index is 1580. The number of nitrogens with one attached hydrogen (secondary N) is 1. The van der Waals surface area contributed by atoms with Crippen molar-refractivity contribution < 1.29 is 5.11 Å². The Morgan fingerprint density at radius 3 is 2.56 bits per heavy atom. The molecule has 1 aliphatic heterocycles. The second-order valence-electron chi connectivity index (χ2n) is 9.85. The van der Waals surface area contributed by atoms with E-state index in [4.69, 9.17) is 9.97 Å². The van der Waals surface area contributed by atoms with Gasteiger partial charge in [0.1, 0.15) is 5.75 Å². The summed E-state index contributed by atoms with van der Waals surface area (Å²) >= 11 is 0. The van der Waals surface area contributed by atoms with E-state index in [9.17, 15) is 5.11 Å². The molecule has 8 nitrogen and oxygen atoms in total. The van der Waals surface area contributed by atoms with Gasteiger partial charge >= 0.3 is 0 Å². The third kappa shape index (κ3) is 3.83. The van der Waals surface area contributed by atoms with Crippen LogP contribution in [0.25, 0.3) is 44.5 Å². The van der Waals surface area contributed by atoms with Crippen molar-refractivity contribution in [1.82, 2.24) is 30.0 Å². The first-order chi connectivity index (χ1) is 17.4. The van der Waals surface area contributed by atoms with Gasteiger partial charge in [-0.2, -0.15) is 5.10 Å². The lowest BCUT2D eigenvalue weighted by Gasteiger charge is -2.37. The van der Waals surface area contributed by atoms with E-state index < -0.39 is 0 Å². The molecule has 0 saturated carbocycles. The number of benzene rings is 1. The van der Waals surface area contributed by atoms with Gasteiger partial charge in [0.15, 0.2) is 5.65 Å². The lowest BCUT2D eigenvalue weighted by Crippen LogP contribution is -2.54. The van der Waals surface area contributed by atoms with Gasteiger partial charge in [-0.15, -0.1) is 0 Å². The van der Waals surface area contributed by atoms with Gasteiger partial charge in [-0.1, -0.05) is 6.07 Å². The molecule has 2 N–H and O–H groups in total. The van der Waals surface area contributed by atoms with Crippen molar-refractivity contribution in [3.05, 3.63) is 60.6 Å². The Hall–Kier alpha value is -4.04. The van der Waals surface area contributed by atoms with Gasteiger partial charge in [-0.05, 0) is 51.1 Å². The number of aromatic nitrogens is 5. The van der Waals surface area contributed by atoms with Crippen LogP contribution in [0.1, 0.15) is 19.4 Å². The van der Waals surface area contributed by atoms with E-state index in [0.717, 1.165) is 51.9 Å². The molecule has 0 unspecified atom stereocenters. The summed E-state index contributed by atoms with van der Waals surface area (Å²) in [5.41, 5.74) is 6.29. The molecule has 36 heavy (non-hydrogen) atoms. The zero-order valence-electron chi connectivity index (χ0n) is 20.9. The van der Waals surface area contributed by atoms with Gasteiger partial charge in [-0.3, -0.25) is 9.67 Å². The van der Waals surface area contributed by atoms with Crippen LogP contribution < -0.4 is 10.2 Å². The maximum absolute atomic E-state index is 11.1. The maximum atomic E-state index is 11.1. The highest BCUT2D eigenvalue weighted by atomic mass is 16.3. The number of phenols is 1. The van der Waals surface area contributed by atoms with Crippen LogP contribution in [0.15, 0.2) is 55.0 Å². The molecule has 4 aromatic heterocycles. The third-order valence-electron chi connectivity index (χ3n) is 6.91. The summed E-state index contributed by atoms with van der Waals surface area (Å²) in [5.74, 6) is 0.181. The number of rotatable bonds is 3. The largest absolute Gasteiger partial charge is 0.507 e. The number of anilines is 1. The second kappa shape index (κ2) is 8.57. The number of hydrogen-bond acceptors (Lipinski definition) is 7. The van der Waals surface area contributed by atoms with E-state index in [-0.39, 0.29) is 5.75 Å². The fourth-order valence-electron chi connectivity index (χ4n) is 5.31. The highest BCUT2D eigenvalue weighted by Crippen LogP contribution is 2.39. The minimum atomic E-state index is 0.181. The lowest BCUT2D eigenvalue weighted by molar-refractivity contribution is 0.407. The predicted molar refractivity (Wildman–Crippen MR) is 143 cm³/mol. The molecular formula is C28H29N7O. The Morgan fingerprint density at radius 1 is 1.00 bits per heavy atom. The van der Waals surface area contributed by atoms with Gasteiger partial charge in [0, 0.05) is 72.1 Å². The zero-order valence-corrected chi connectivity index (χ0v) is 20.9. The molecular weight excluding hydrogens is 450 g/mol. The number of piperazine rings is 1. The third-order valence-corrected chi connectivity index (χ3v) is 6.91. The molecule has 5 aromatic rings. The molecule has 1 fully saturated rings. The molecule has 1 aliphatic rings. The number of aromatic hydroxyl groups is 1. The average molecular weight is 480 g/mol. The standard InChI is InChI=1S/C28H29N7O/c1-16-13-35(14-17(2)31-16)20-10-22-21(24-7-5-6-8-29-24)11-25(32-28(22)30-12-20)23-9-19-15-34(4)33-26(19)18(3)27(23)36/h5-12,15-17,31,36H,13-14H2,1-4H3/t16-,17-/m1/s1. The normalized spacial score (nSPS) is 18.3. The summed E-state index contributed by atoms with van der Waals surface area (Å²) in [6, 6.07) is 12.8. The molecule has 2 atom stereocenters. The number of pyridine rings is 3. The first-order valence-corrected chi connectivity index (χ1v) is 12.3. The van der Waals surface area contributed by atoms with E-state index >= 15 is 0 Å². The zero-order chi connectivity index (χ0) is 25.0. The van der Waals surface area contributed by atoms with E-state index in [2.05, 4.69) is 40.2 Å². The summed E-state index contributed by atoms with van der Waals surface area (Å²) in [7, 11) is 1.88. The van der Waals surface area contributed by atoms with Crippen LogP contribution in [-0.4, -0.2) is 55.0 Å². The molecule has 0 aliphatic carbocycles.